The number of hydrogen-bond donors (Lipinski definition) is 3. The van der Waals surface area contributed by atoms with Crippen LogP contribution in [0.3, 0.4) is 0 Å². The number of para-hydroxylation sites is 2. The van der Waals surface area contributed by atoms with Gasteiger partial charge in [0.2, 0.25) is 23.6 Å². The molecule has 0 spiro atoms. The van der Waals surface area contributed by atoms with Crippen molar-refractivity contribution in [2.45, 2.75) is 18.8 Å². The molecule has 0 aromatic heterocycles. The lowest BCUT2D eigenvalue weighted by Gasteiger charge is -2.44. The average molecular weight is 745 g/mol. The molecule has 6 unspecified atom stereocenters. The first kappa shape index (κ1) is 35.2. The molecule has 10 heteroatoms. The van der Waals surface area contributed by atoms with Crippen LogP contribution in [0.15, 0.2) is 145 Å². The number of nitrogens with one attached hydrogen (secondary N) is 2. The summed E-state index contributed by atoms with van der Waals surface area (Å²) in [5.74, 6) is -4.07. The number of carbonyl (C=O) groups excluding carboxylic acids is 4. The summed E-state index contributed by atoms with van der Waals surface area (Å²) in [4.78, 5) is 60.3. The summed E-state index contributed by atoms with van der Waals surface area (Å²) < 4.78 is 5.63. The number of rotatable bonds is 10. The topological polar surface area (TPSA) is 128 Å². The van der Waals surface area contributed by atoms with Crippen LogP contribution < -0.4 is 25.2 Å². The molecule has 3 N–H and O–H groups in total. The third kappa shape index (κ3) is 6.21. The van der Waals surface area contributed by atoms with Gasteiger partial charge in [-0.25, -0.2) is 0 Å². The Morgan fingerprint density at radius 2 is 1.05 bits per heavy atom. The molecule has 280 valence electrons. The van der Waals surface area contributed by atoms with Gasteiger partial charge in [0.25, 0.3) is 0 Å². The van der Waals surface area contributed by atoms with Gasteiger partial charge in [0.05, 0.1) is 41.7 Å². The minimum Gasteiger partial charge on any atom is -0.491 e. The summed E-state index contributed by atoms with van der Waals surface area (Å²) in [6, 6.07) is 41.4. The Kier molecular flexibility index (Phi) is 9.19. The van der Waals surface area contributed by atoms with Crippen molar-refractivity contribution < 1.29 is 29.0 Å². The van der Waals surface area contributed by atoms with Crippen molar-refractivity contribution in [1.82, 2.24) is 0 Å². The quantitative estimate of drug-likeness (QED) is 0.0987. The van der Waals surface area contributed by atoms with Gasteiger partial charge in [0.15, 0.2) is 0 Å². The van der Waals surface area contributed by atoms with Crippen LogP contribution in [0.5, 0.6) is 5.75 Å². The molecule has 6 atom stereocenters. The van der Waals surface area contributed by atoms with E-state index in [4.69, 9.17) is 4.74 Å². The van der Waals surface area contributed by atoms with Gasteiger partial charge in [0.1, 0.15) is 12.4 Å². The standard InChI is InChI=1S/C46H40N4O6/c51-25-26-56-35-21-11-28(12-22-35)40-36-23-24-37-41(45(54)49(43(37)52)33-17-13-31(14-18-33)47-29-7-3-1-4-8-29)38(36)27-39-42(40)46(55)50(44(39)53)34-19-15-32(16-20-34)48-30-9-5-2-6-10-30/h1-23,37-42,47-48,51H,24-27H2. The predicted octanol–water partition coefficient (Wildman–Crippen LogP) is 7.59. The summed E-state index contributed by atoms with van der Waals surface area (Å²) >= 11 is 0. The lowest BCUT2D eigenvalue weighted by atomic mass is 9.57. The number of ether oxygens (including phenoxy) is 1. The lowest BCUT2D eigenvalue weighted by Crippen LogP contribution is -2.43. The van der Waals surface area contributed by atoms with E-state index in [0.717, 1.165) is 33.9 Å². The molecule has 56 heavy (non-hydrogen) atoms. The van der Waals surface area contributed by atoms with Crippen LogP contribution in [0.2, 0.25) is 0 Å². The van der Waals surface area contributed by atoms with Gasteiger partial charge in [-0.2, -0.15) is 0 Å². The number of amides is 4. The molecule has 0 bridgehead atoms. The molecule has 4 amide bonds. The number of fused-ring (bicyclic) bond motifs is 4. The SMILES string of the molecule is O=C1C2CC=C3C(CC4C(=O)N(c5ccc(Nc6ccccc6)cc5)C(=O)C4C3c3ccc(OCCO)cc3)C2C(=O)N1c1ccc(Nc2ccccc2)cc1. The van der Waals surface area contributed by atoms with E-state index in [1.165, 1.54) is 9.80 Å². The van der Waals surface area contributed by atoms with Crippen molar-refractivity contribution in [1.29, 1.82) is 0 Å². The number of benzene rings is 5. The van der Waals surface area contributed by atoms with Gasteiger partial charge < -0.3 is 20.5 Å². The Labute approximate surface area is 324 Å². The molecule has 2 saturated heterocycles. The monoisotopic (exact) mass is 744 g/mol. The molecule has 3 fully saturated rings. The van der Waals surface area contributed by atoms with E-state index in [-0.39, 0.29) is 43.3 Å². The summed E-state index contributed by atoms with van der Waals surface area (Å²) in [7, 11) is 0. The highest BCUT2D eigenvalue weighted by Gasteiger charge is 2.62. The second kappa shape index (κ2) is 14.6. The first-order chi connectivity index (χ1) is 27.4. The molecule has 5 aromatic carbocycles. The fourth-order valence-electron chi connectivity index (χ4n) is 9.17. The second-order valence-corrected chi connectivity index (χ2v) is 14.8. The maximum Gasteiger partial charge on any atom is 0.238 e. The predicted molar refractivity (Wildman–Crippen MR) is 214 cm³/mol. The number of imide groups is 2. The molecule has 0 radical (unpaired) electrons. The van der Waals surface area contributed by atoms with Gasteiger partial charge in [-0.05, 0) is 109 Å². The summed E-state index contributed by atoms with van der Waals surface area (Å²) in [6.07, 6.45) is 2.70. The molecule has 1 saturated carbocycles. The van der Waals surface area contributed by atoms with Crippen molar-refractivity contribution in [3.63, 3.8) is 0 Å². The van der Waals surface area contributed by atoms with Crippen molar-refractivity contribution >= 4 is 57.8 Å². The van der Waals surface area contributed by atoms with Gasteiger partial charge in [-0.3, -0.25) is 29.0 Å². The van der Waals surface area contributed by atoms with E-state index in [1.54, 1.807) is 36.4 Å². The van der Waals surface area contributed by atoms with Gasteiger partial charge >= 0.3 is 0 Å². The minimum atomic E-state index is -0.694. The largest absolute Gasteiger partial charge is 0.491 e. The van der Waals surface area contributed by atoms with E-state index >= 15 is 0 Å². The Morgan fingerprint density at radius 3 is 1.59 bits per heavy atom. The van der Waals surface area contributed by atoms with E-state index in [0.29, 0.717) is 23.5 Å². The highest BCUT2D eigenvalue weighted by molar-refractivity contribution is 6.24. The molecule has 5 aromatic rings. The van der Waals surface area contributed by atoms with Crippen molar-refractivity contribution in [3.05, 3.63) is 151 Å². The molecule has 4 aliphatic rings. The smallest absolute Gasteiger partial charge is 0.238 e. The van der Waals surface area contributed by atoms with Crippen LogP contribution in [-0.2, 0) is 19.2 Å². The summed E-state index contributed by atoms with van der Waals surface area (Å²) in [6.45, 7) is 0.0176. The maximum absolute atomic E-state index is 14.6. The number of carbonyl (C=O) groups is 4. The molecule has 10 nitrogen and oxygen atoms in total. The molecular formula is C46H40N4O6. The van der Waals surface area contributed by atoms with Gasteiger partial charge in [0, 0.05) is 28.7 Å². The molecule has 9 rings (SSSR count). The second-order valence-electron chi connectivity index (χ2n) is 14.8. The number of hydrogen-bond acceptors (Lipinski definition) is 8. The normalized spacial score (nSPS) is 24.0. The van der Waals surface area contributed by atoms with Gasteiger partial charge in [-0.1, -0.05) is 60.2 Å². The fourth-order valence-corrected chi connectivity index (χ4v) is 9.17. The number of aliphatic hydroxyl groups excluding tert-OH is 1. The van der Waals surface area contributed by atoms with Crippen LogP contribution in [0.25, 0.3) is 0 Å². The van der Waals surface area contributed by atoms with Crippen LogP contribution in [0.4, 0.5) is 34.1 Å². The Morgan fingerprint density at radius 1 is 0.554 bits per heavy atom. The summed E-state index contributed by atoms with van der Waals surface area (Å²) in [5, 5.41) is 16.0. The molecule has 2 aliphatic heterocycles. The first-order valence-electron chi connectivity index (χ1n) is 19.0. The van der Waals surface area contributed by atoms with E-state index in [9.17, 15) is 24.3 Å². The summed E-state index contributed by atoms with van der Waals surface area (Å²) in [5.41, 5.74) is 6.21. The first-order valence-corrected chi connectivity index (χ1v) is 19.0. The third-order valence-corrected chi connectivity index (χ3v) is 11.6. The Hall–Kier alpha value is -6.52. The van der Waals surface area contributed by atoms with Crippen LogP contribution >= 0.6 is 0 Å². The van der Waals surface area contributed by atoms with Crippen molar-refractivity contribution in [2.75, 3.05) is 33.6 Å². The van der Waals surface area contributed by atoms with Crippen molar-refractivity contribution in [2.24, 2.45) is 29.6 Å². The number of aliphatic hydroxyl groups is 1. The van der Waals surface area contributed by atoms with Crippen LogP contribution in [0, 0.1) is 29.6 Å². The number of nitrogens with zero attached hydrogens (tertiary/aromatic N) is 2. The Bertz CT molecular complexity index is 2310. The highest BCUT2D eigenvalue weighted by atomic mass is 16.5. The van der Waals surface area contributed by atoms with Crippen molar-refractivity contribution in [3.8, 4) is 5.75 Å². The minimum absolute atomic E-state index is 0.126. The zero-order valence-electron chi connectivity index (χ0n) is 30.5. The zero-order valence-corrected chi connectivity index (χ0v) is 30.5. The lowest BCUT2D eigenvalue weighted by molar-refractivity contribution is -0.126. The van der Waals surface area contributed by atoms with E-state index in [2.05, 4.69) is 16.7 Å². The molecule has 2 aliphatic carbocycles. The maximum atomic E-state index is 14.6. The fraction of sp³-hybridized carbons (Fsp3) is 0.217. The molecular weight excluding hydrogens is 705 g/mol. The number of allylic oxidation sites excluding steroid dienone is 2. The number of anilines is 6. The average Bonchev–Trinajstić information content (AvgIpc) is 3.64. The van der Waals surface area contributed by atoms with E-state index < -0.39 is 35.5 Å². The third-order valence-electron chi connectivity index (χ3n) is 11.6. The van der Waals surface area contributed by atoms with Crippen LogP contribution in [0.1, 0.15) is 24.3 Å². The zero-order chi connectivity index (χ0) is 38.3. The highest BCUT2D eigenvalue weighted by Crippen LogP contribution is 2.58. The van der Waals surface area contributed by atoms with Crippen LogP contribution in [-0.4, -0.2) is 41.9 Å². The van der Waals surface area contributed by atoms with Gasteiger partial charge in [-0.15, -0.1) is 0 Å². The Balaban J connectivity index is 1.03. The molecule has 2 heterocycles. The van der Waals surface area contributed by atoms with E-state index in [1.807, 2.05) is 97.1 Å².